The Hall–Kier alpha value is -3.59. The molecule has 2 fully saturated rings. The standard InChI is InChI=1S/C29H33FN4O4/c1-29-17-21-20-15-24(38-2)22(30)16-23(20)31-25(21)26(18-8-6-9-19(35)14-18)34(29)28(37)33(27(29)36)13-7-12-32-10-4-3-5-11-32/h6,8-9,14-16,26,31,35H,3-5,7,10-13,17H2,1-2H3/t26-,29+/m1/s1. The molecule has 2 atom stereocenters. The Labute approximate surface area is 221 Å². The van der Waals surface area contributed by atoms with Gasteiger partial charge in [-0.3, -0.25) is 14.6 Å². The lowest BCUT2D eigenvalue weighted by atomic mass is 9.81. The zero-order valence-corrected chi connectivity index (χ0v) is 21.8. The number of halogens is 1. The summed E-state index contributed by atoms with van der Waals surface area (Å²) in [7, 11) is 1.42. The number of aromatic amines is 1. The van der Waals surface area contributed by atoms with Crippen LogP contribution in [0.4, 0.5) is 9.18 Å². The molecule has 0 saturated carbocycles. The molecule has 200 valence electrons. The van der Waals surface area contributed by atoms with Crippen molar-refractivity contribution >= 4 is 22.8 Å². The molecule has 0 aliphatic carbocycles. The number of methoxy groups -OCH3 is 1. The van der Waals surface area contributed by atoms with Gasteiger partial charge in [0, 0.05) is 35.6 Å². The predicted octanol–water partition coefficient (Wildman–Crippen LogP) is 4.57. The Morgan fingerprint density at radius 1 is 1.13 bits per heavy atom. The number of amides is 3. The molecule has 1 aromatic heterocycles. The van der Waals surface area contributed by atoms with Crippen molar-refractivity contribution in [2.24, 2.45) is 0 Å². The second kappa shape index (κ2) is 9.31. The number of likely N-dealkylation sites (tertiary alicyclic amines) is 1. The average Bonchev–Trinajstić information content (AvgIpc) is 3.34. The number of phenols is 1. The molecule has 0 bridgehead atoms. The van der Waals surface area contributed by atoms with E-state index in [1.54, 1.807) is 29.2 Å². The van der Waals surface area contributed by atoms with Crippen molar-refractivity contribution in [3.05, 3.63) is 59.0 Å². The van der Waals surface area contributed by atoms with Crippen molar-refractivity contribution in [1.82, 2.24) is 19.7 Å². The number of nitrogens with one attached hydrogen (secondary N) is 1. The van der Waals surface area contributed by atoms with Gasteiger partial charge in [-0.2, -0.15) is 0 Å². The lowest BCUT2D eigenvalue weighted by molar-refractivity contribution is -0.133. The van der Waals surface area contributed by atoms with E-state index in [2.05, 4.69) is 9.88 Å². The average molecular weight is 521 g/mol. The summed E-state index contributed by atoms with van der Waals surface area (Å²) in [4.78, 5) is 36.7. The molecular formula is C29H33FN4O4. The van der Waals surface area contributed by atoms with Gasteiger partial charge in [0.15, 0.2) is 11.6 Å². The van der Waals surface area contributed by atoms with Crippen LogP contribution in [0.3, 0.4) is 0 Å². The Morgan fingerprint density at radius 3 is 2.66 bits per heavy atom. The zero-order valence-electron chi connectivity index (χ0n) is 21.8. The van der Waals surface area contributed by atoms with Crippen LogP contribution in [0.2, 0.25) is 0 Å². The maximum Gasteiger partial charge on any atom is 0.328 e. The van der Waals surface area contributed by atoms with Crippen molar-refractivity contribution in [3.8, 4) is 11.5 Å². The molecule has 2 N–H and O–H groups in total. The monoisotopic (exact) mass is 520 g/mol. The van der Waals surface area contributed by atoms with Gasteiger partial charge in [-0.1, -0.05) is 18.6 Å². The number of aromatic nitrogens is 1. The highest BCUT2D eigenvalue weighted by Gasteiger charge is 2.60. The first-order valence-corrected chi connectivity index (χ1v) is 13.4. The van der Waals surface area contributed by atoms with Crippen LogP contribution in [0.25, 0.3) is 10.9 Å². The van der Waals surface area contributed by atoms with Crippen LogP contribution in [-0.2, 0) is 11.2 Å². The minimum Gasteiger partial charge on any atom is -0.508 e. The number of H-pyrrole nitrogens is 1. The van der Waals surface area contributed by atoms with Gasteiger partial charge in [-0.05, 0) is 75.1 Å². The second-order valence-corrected chi connectivity index (χ2v) is 10.9. The number of imide groups is 1. The summed E-state index contributed by atoms with van der Waals surface area (Å²) in [6.45, 7) is 5.17. The van der Waals surface area contributed by atoms with E-state index in [1.807, 2.05) is 13.0 Å². The molecule has 0 unspecified atom stereocenters. The van der Waals surface area contributed by atoms with E-state index in [0.29, 0.717) is 29.7 Å². The number of urea groups is 1. The number of phenolic OH excluding ortho intramolecular Hbond substituents is 1. The van der Waals surface area contributed by atoms with E-state index in [0.717, 1.165) is 37.0 Å². The van der Waals surface area contributed by atoms with Crippen molar-refractivity contribution in [1.29, 1.82) is 0 Å². The first kappa shape index (κ1) is 24.7. The number of aromatic hydroxyl groups is 1. The highest BCUT2D eigenvalue weighted by molar-refractivity contribution is 6.08. The van der Waals surface area contributed by atoms with Crippen LogP contribution < -0.4 is 4.74 Å². The Morgan fingerprint density at radius 2 is 1.92 bits per heavy atom. The molecule has 4 heterocycles. The van der Waals surface area contributed by atoms with Crippen molar-refractivity contribution in [2.45, 2.75) is 50.6 Å². The molecule has 0 radical (unpaired) electrons. The summed E-state index contributed by atoms with van der Waals surface area (Å²) in [5, 5.41) is 11.0. The van der Waals surface area contributed by atoms with Crippen LogP contribution in [0.5, 0.6) is 11.5 Å². The molecule has 2 saturated heterocycles. The summed E-state index contributed by atoms with van der Waals surface area (Å²) in [6, 6.07) is 8.79. The minimum absolute atomic E-state index is 0.0662. The molecular weight excluding hydrogens is 487 g/mol. The third kappa shape index (κ3) is 3.83. The topological polar surface area (TPSA) is 89.1 Å². The number of ether oxygens (including phenoxy) is 1. The van der Waals surface area contributed by atoms with Gasteiger partial charge in [0.2, 0.25) is 0 Å². The summed E-state index contributed by atoms with van der Waals surface area (Å²) < 4.78 is 19.8. The van der Waals surface area contributed by atoms with Gasteiger partial charge < -0.3 is 19.7 Å². The Balaban J connectivity index is 1.41. The summed E-state index contributed by atoms with van der Waals surface area (Å²) in [6.07, 6.45) is 4.66. The quantitative estimate of drug-likeness (QED) is 0.465. The molecule has 2 aromatic carbocycles. The molecule has 9 heteroatoms. The number of nitrogens with zero attached hydrogens (tertiary/aromatic N) is 3. The van der Waals surface area contributed by atoms with Crippen molar-refractivity contribution in [2.75, 3.05) is 33.3 Å². The molecule has 3 aliphatic heterocycles. The van der Waals surface area contributed by atoms with Crippen molar-refractivity contribution < 1.29 is 23.8 Å². The minimum atomic E-state index is -1.12. The number of fused-ring (bicyclic) bond motifs is 4. The van der Waals surface area contributed by atoms with E-state index < -0.39 is 17.4 Å². The molecule has 6 rings (SSSR count). The van der Waals surface area contributed by atoms with Gasteiger partial charge in [-0.15, -0.1) is 0 Å². The van der Waals surface area contributed by atoms with Crippen LogP contribution in [-0.4, -0.2) is 75.6 Å². The number of carbonyl (C=O) groups is 2. The lowest BCUT2D eigenvalue weighted by Crippen LogP contribution is -2.53. The highest BCUT2D eigenvalue weighted by Crippen LogP contribution is 2.49. The van der Waals surface area contributed by atoms with Crippen molar-refractivity contribution in [3.63, 3.8) is 0 Å². The Bertz CT molecular complexity index is 1420. The molecule has 8 nitrogen and oxygen atoms in total. The number of benzene rings is 2. The second-order valence-electron chi connectivity index (χ2n) is 10.9. The lowest BCUT2D eigenvalue weighted by Gasteiger charge is -2.42. The smallest absolute Gasteiger partial charge is 0.328 e. The maximum atomic E-state index is 14.6. The number of hydrogen-bond donors (Lipinski definition) is 2. The Kier molecular flexibility index (Phi) is 6.06. The fourth-order valence-electron chi connectivity index (χ4n) is 6.55. The largest absolute Gasteiger partial charge is 0.508 e. The number of carbonyl (C=O) groups excluding carboxylic acids is 2. The first-order valence-electron chi connectivity index (χ1n) is 13.4. The zero-order chi connectivity index (χ0) is 26.6. The van der Waals surface area contributed by atoms with E-state index in [4.69, 9.17) is 4.74 Å². The first-order chi connectivity index (χ1) is 18.3. The van der Waals surface area contributed by atoms with E-state index in [9.17, 15) is 19.1 Å². The SMILES string of the molecule is COc1cc2c3c([nH]c2cc1F)[C@@H](c1cccc(O)c1)N1C(=O)N(CCCN2CCCCC2)C(=O)[C@]1(C)C3. The van der Waals surface area contributed by atoms with Gasteiger partial charge >= 0.3 is 6.03 Å². The number of piperidine rings is 1. The molecule has 3 amide bonds. The van der Waals surface area contributed by atoms with Gasteiger partial charge in [0.1, 0.15) is 17.3 Å². The third-order valence-electron chi connectivity index (χ3n) is 8.43. The van der Waals surface area contributed by atoms with E-state index in [1.165, 1.54) is 37.3 Å². The van der Waals surface area contributed by atoms with Crippen LogP contribution >= 0.6 is 0 Å². The van der Waals surface area contributed by atoms with E-state index >= 15 is 0 Å². The molecule has 38 heavy (non-hydrogen) atoms. The molecule has 0 spiro atoms. The summed E-state index contributed by atoms with van der Waals surface area (Å²) >= 11 is 0. The maximum absolute atomic E-state index is 14.6. The van der Waals surface area contributed by atoms with Crippen LogP contribution in [0.15, 0.2) is 36.4 Å². The highest BCUT2D eigenvalue weighted by atomic mass is 19.1. The van der Waals surface area contributed by atoms with Gasteiger partial charge in [0.25, 0.3) is 5.91 Å². The number of hydrogen-bond acceptors (Lipinski definition) is 5. The van der Waals surface area contributed by atoms with Crippen LogP contribution in [0, 0.1) is 5.82 Å². The summed E-state index contributed by atoms with van der Waals surface area (Å²) in [5.41, 5.74) is 1.69. The van der Waals surface area contributed by atoms with Crippen LogP contribution in [0.1, 0.15) is 55.5 Å². The molecule has 3 aromatic rings. The normalized spacial score (nSPS) is 23.7. The summed E-state index contributed by atoms with van der Waals surface area (Å²) in [5.74, 6) is -0.530. The molecule has 3 aliphatic rings. The predicted molar refractivity (Wildman–Crippen MR) is 141 cm³/mol. The fourth-order valence-corrected chi connectivity index (χ4v) is 6.55. The van der Waals surface area contributed by atoms with E-state index in [-0.39, 0.29) is 23.4 Å². The fraction of sp³-hybridized carbons (Fsp3) is 0.448. The number of rotatable bonds is 6. The van der Waals surface area contributed by atoms with Gasteiger partial charge in [0.05, 0.1) is 7.11 Å². The van der Waals surface area contributed by atoms with Gasteiger partial charge in [-0.25, -0.2) is 9.18 Å². The third-order valence-corrected chi connectivity index (χ3v) is 8.43.